The molecule has 1 aliphatic heterocycles. The Balaban J connectivity index is 1.71. The summed E-state index contributed by atoms with van der Waals surface area (Å²) in [5.74, 6) is -1.88. The SMILES string of the molecule is CN(C)C1CN(c2c(F)cc3c(=O)c(C(=O)O)cn(C4CC4)c3c2Cl)CC12CC2. The van der Waals surface area contributed by atoms with Crippen molar-refractivity contribution < 1.29 is 14.3 Å². The monoisotopic (exact) mass is 419 g/mol. The molecule has 1 N–H and O–H groups in total. The molecule has 0 amide bonds. The molecule has 2 aliphatic carbocycles. The van der Waals surface area contributed by atoms with Crippen LogP contribution in [0.2, 0.25) is 5.02 Å². The van der Waals surface area contributed by atoms with Crippen molar-refractivity contribution in [3.63, 3.8) is 0 Å². The average molecular weight is 420 g/mol. The molecule has 3 fully saturated rings. The molecular weight excluding hydrogens is 397 g/mol. The van der Waals surface area contributed by atoms with E-state index in [1.807, 2.05) is 19.0 Å². The van der Waals surface area contributed by atoms with Crippen LogP contribution in [0.15, 0.2) is 17.1 Å². The van der Waals surface area contributed by atoms with Gasteiger partial charge in [0, 0.05) is 36.8 Å². The quantitative estimate of drug-likeness (QED) is 0.823. The summed E-state index contributed by atoms with van der Waals surface area (Å²) in [6.45, 7) is 1.41. The van der Waals surface area contributed by atoms with Gasteiger partial charge in [0.25, 0.3) is 0 Å². The fourth-order valence-corrected chi connectivity index (χ4v) is 5.41. The number of hydrogen-bond donors (Lipinski definition) is 1. The number of halogens is 2. The standard InChI is InChI=1S/C21H23ClFN3O3/c1-24(2)15-9-25(10-21(15)5-6-21)18-14(23)7-12-17(16(18)22)26(11-3-4-11)8-13(19(12)27)20(28)29/h7-8,11,15H,3-6,9-10H2,1-2H3,(H,28,29). The number of fused-ring (bicyclic) bond motifs is 1. The number of benzene rings is 1. The Morgan fingerprint density at radius 1 is 1.34 bits per heavy atom. The third-order valence-electron chi connectivity index (χ3n) is 6.79. The Hall–Kier alpha value is -2.12. The minimum absolute atomic E-state index is 0.0348. The van der Waals surface area contributed by atoms with Crippen molar-refractivity contribution in [2.24, 2.45) is 5.41 Å². The van der Waals surface area contributed by atoms with Gasteiger partial charge in [0.2, 0.25) is 5.43 Å². The number of hydrogen-bond acceptors (Lipinski definition) is 4. The Kier molecular flexibility index (Phi) is 4.03. The molecule has 3 aliphatic rings. The second kappa shape index (κ2) is 6.19. The molecular formula is C21H23ClFN3O3. The van der Waals surface area contributed by atoms with Gasteiger partial charge < -0.3 is 19.5 Å². The molecule has 1 unspecified atom stereocenters. The van der Waals surface area contributed by atoms with Gasteiger partial charge in [0.15, 0.2) is 0 Å². The number of carboxylic acid groups (broad SMARTS) is 1. The van der Waals surface area contributed by atoms with E-state index in [0.29, 0.717) is 23.8 Å². The summed E-state index contributed by atoms with van der Waals surface area (Å²) in [7, 11) is 4.09. The first kappa shape index (κ1) is 18.9. The van der Waals surface area contributed by atoms with E-state index < -0.39 is 17.2 Å². The summed E-state index contributed by atoms with van der Waals surface area (Å²) in [6, 6.07) is 1.59. The maximum absolute atomic E-state index is 15.3. The van der Waals surface area contributed by atoms with Crippen molar-refractivity contribution in [2.75, 3.05) is 32.1 Å². The maximum Gasteiger partial charge on any atom is 0.341 e. The Bertz CT molecular complexity index is 1100. The van der Waals surface area contributed by atoms with Crippen molar-refractivity contribution in [2.45, 2.75) is 37.8 Å². The second-order valence-corrected chi connectivity index (χ2v) is 9.33. The van der Waals surface area contributed by atoms with Crippen molar-refractivity contribution in [1.82, 2.24) is 9.47 Å². The molecule has 0 bridgehead atoms. The van der Waals surface area contributed by atoms with Crippen LogP contribution in [0.25, 0.3) is 10.9 Å². The van der Waals surface area contributed by atoms with Gasteiger partial charge in [-0.05, 0) is 45.8 Å². The van der Waals surface area contributed by atoms with Crippen LogP contribution in [0.4, 0.5) is 10.1 Å². The topological polar surface area (TPSA) is 65.8 Å². The molecule has 1 aromatic carbocycles. The maximum atomic E-state index is 15.3. The van der Waals surface area contributed by atoms with Crippen molar-refractivity contribution in [3.8, 4) is 0 Å². The lowest BCUT2D eigenvalue weighted by Gasteiger charge is -2.25. The summed E-state index contributed by atoms with van der Waals surface area (Å²) in [5, 5.41) is 9.65. The molecule has 1 atom stereocenters. The summed E-state index contributed by atoms with van der Waals surface area (Å²) in [6.07, 6.45) is 5.38. The highest BCUT2D eigenvalue weighted by Gasteiger charge is 2.56. The van der Waals surface area contributed by atoms with Gasteiger partial charge in [-0.15, -0.1) is 0 Å². The number of aromatic carboxylic acids is 1. The van der Waals surface area contributed by atoms with Crippen LogP contribution in [0.3, 0.4) is 0 Å². The summed E-state index contributed by atoms with van der Waals surface area (Å²) >= 11 is 6.75. The lowest BCUT2D eigenvalue weighted by Crippen LogP contribution is -2.36. The Morgan fingerprint density at radius 3 is 2.55 bits per heavy atom. The Morgan fingerprint density at radius 2 is 2.03 bits per heavy atom. The fraction of sp³-hybridized carbons (Fsp3) is 0.524. The van der Waals surface area contributed by atoms with Crippen LogP contribution < -0.4 is 10.3 Å². The highest BCUT2D eigenvalue weighted by Crippen LogP contribution is 2.56. The van der Waals surface area contributed by atoms with Gasteiger partial charge in [0.1, 0.15) is 11.4 Å². The molecule has 154 valence electrons. The van der Waals surface area contributed by atoms with Gasteiger partial charge >= 0.3 is 5.97 Å². The van der Waals surface area contributed by atoms with Crippen LogP contribution in [-0.4, -0.2) is 53.8 Å². The lowest BCUT2D eigenvalue weighted by molar-refractivity contribution is 0.0695. The predicted octanol–water partition coefficient (Wildman–Crippen LogP) is 3.36. The minimum Gasteiger partial charge on any atom is -0.477 e. The third-order valence-corrected chi connectivity index (χ3v) is 7.15. The molecule has 2 saturated carbocycles. The molecule has 6 nitrogen and oxygen atoms in total. The van der Waals surface area contributed by atoms with Crippen molar-refractivity contribution in [1.29, 1.82) is 0 Å². The van der Waals surface area contributed by atoms with E-state index in [1.54, 1.807) is 4.57 Å². The number of carboxylic acids is 1. The van der Waals surface area contributed by atoms with Crippen LogP contribution >= 0.6 is 11.6 Å². The summed E-state index contributed by atoms with van der Waals surface area (Å²) < 4.78 is 17.0. The van der Waals surface area contributed by atoms with E-state index >= 15 is 4.39 Å². The number of nitrogens with zero attached hydrogens (tertiary/aromatic N) is 3. The molecule has 0 radical (unpaired) electrons. The van der Waals surface area contributed by atoms with Crippen LogP contribution in [0, 0.1) is 11.2 Å². The molecule has 1 aromatic heterocycles. The highest BCUT2D eigenvalue weighted by molar-refractivity contribution is 6.38. The third kappa shape index (κ3) is 2.78. The number of carbonyl (C=O) groups is 1. The van der Waals surface area contributed by atoms with Gasteiger partial charge in [-0.3, -0.25) is 4.79 Å². The molecule has 8 heteroatoms. The first-order valence-corrected chi connectivity index (χ1v) is 10.3. The number of aromatic nitrogens is 1. The summed E-state index contributed by atoms with van der Waals surface area (Å²) in [4.78, 5) is 28.4. The first-order valence-electron chi connectivity index (χ1n) is 9.95. The van der Waals surface area contributed by atoms with E-state index in [0.717, 1.165) is 32.2 Å². The van der Waals surface area contributed by atoms with E-state index in [-0.39, 0.29) is 27.4 Å². The van der Waals surface area contributed by atoms with Crippen LogP contribution in [0.5, 0.6) is 0 Å². The van der Waals surface area contributed by atoms with E-state index in [2.05, 4.69) is 4.90 Å². The van der Waals surface area contributed by atoms with Crippen LogP contribution in [-0.2, 0) is 0 Å². The second-order valence-electron chi connectivity index (χ2n) is 8.95. The number of rotatable bonds is 4. The zero-order chi connectivity index (χ0) is 20.7. The molecule has 2 heterocycles. The highest BCUT2D eigenvalue weighted by atomic mass is 35.5. The molecule has 29 heavy (non-hydrogen) atoms. The summed E-state index contributed by atoms with van der Waals surface area (Å²) in [5.41, 5.74) is -0.0934. The van der Waals surface area contributed by atoms with Gasteiger partial charge in [0.05, 0.1) is 21.6 Å². The average Bonchev–Trinajstić information content (AvgIpc) is 3.54. The van der Waals surface area contributed by atoms with Crippen molar-refractivity contribution in [3.05, 3.63) is 38.9 Å². The van der Waals surface area contributed by atoms with Gasteiger partial charge in [-0.25, -0.2) is 9.18 Å². The van der Waals surface area contributed by atoms with Gasteiger partial charge in [-0.1, -0.05) is 11.6 Å². The number of pyridine rings is 1. The van der Waals surface area contributed by atoms with E-state index in [1.165, 1.54) is 12.3 Å². The lowest BCUT2D eigenvalue weighted by atomic mass is 10.0. The largest absolute Gasteiger partial charge is 0.477 e. The normalized spacial score (nSPS) is 22.8. The predicted molar refractivity (Wildman–Crippen MR) is 110 cm³/mol. The fourth-order valence-electron chi connectivity index (χ4n) is 5.00. The van der Waals surface area contributed by atoms with E-state index in [4.69, 9.17) is 11.6 Å². The minimum atomic E-state index is -1.31. The number of anilines is 1. The molecule has 5 rings (SSSR count). The smallest absolute Gasteiger partial charge is 0.341 e. The molecule has 1 saturated heterocycles. The zero-order valence-corrected chi connectivity index (χ0v) is 17.2. The Labute approximate surface area is 172 Å². The first-order chi connectivity index (χ1) is 13.7. The van der Waals surface area contributed by atoms with Crippen molar-refractivity contribution >= 4 is 34.2 Å². The van der Waals surface area contributed by atoms with E-state index in [9.17, 15) is 14.7 Å². The zero-order valence-electron chi connectivity index (χ0n) is 16.4. The van der Waals surface area contributed by atoms with Gasteiger partial charge in [-0.2, -0.15) is 0 Å². The van der Waals surface area contributed by atoms with Crippen LogP contribution in [0.1, 0.15) is 42.1 Å². The molecule has 1 spiro atoms. The number of likely N-dealkylation sites (N-methyl/N-ethyl adjacent to an activating group) is 1. The molecule has 2 aromatic rings.